The number of hydrogen-bond acceptors (Lipinski definition) is 3. The van der Waals surface area contributed by atoms with E-state index in [1.54, 1.807) is 31.2 Å². The fourth-order valence-electron chi connectivity index (χ4n) is 2.88. The number of oxime groups is 1. The smallest absolute Gasteiger partial charge is 0.267 e. The number of nitrogens with zero attached hydrogens (tertiary/aromatic N) is 1. The van der Waals surface area contributed by atoms with Crippen LogP contribution in [0.3, 0.4) is 0 Å². The predicted molar refractivity (Wildman–Crippen MR) is 94.8 cm³/mol. The second kappa shape index (κ2) is 7.64. The third kappa shape index (κ3) is 4.07. The first-order valence-electron chi connectivity index (χ1n) is 8.51. The highest BCUT2D eigenvalue weighted by molar-refractivity contribution is 6.05. The molecule has 0 spiro atoms. The highest BCUT2D eigenvalue weighted by Gasteiger charge is 2.42. The Kier molecular flexibility index (Phi) is 5.30. The van der Waals surface area contributed by atoms with Crippen molar-refractivity contribution >= 4 is 11.6 Å². The summed E-state index contributed by atoms with van der Waals surface area (Å²) in [7, 11) is 0. The van der Waals surface area contributed by atoms with Crippen molar-refractivity contribution in [2.24, 2.45) is 5.16 Å². The van der Waals surface area contributed by atoms with Crippen LogP contribution in [0, 0.1) is 11.6 Å². The molecule has 1 aliphatic heterocycles. The molecule has 0 aromatic heterocycles. The molecule has 1 amide bonds. The zero-order valence-corrected chi connectivity index (χ0v) is 14.5. The van der Waals surface area contributed by atoms with Gasteiger partial charge in [0.05, 0.1) is 5.71 Å². The summed E-state index contributed by atoms with van der Waals surface area (Å²) in [6.07, 6.45) is 1.53. The Morgan fingerprint density at radius 3 is 2.81 bits per heavy atom. The molecule has 0 bridgehead atoms. The highest BCUT2D eigenvalue weighted by Crippen LogP contribution is 2.27. The van der Waals surface area contributed by atoms with Gasteiger partial charge in [0.15, 0.2) is 0 Å². The fourth-order valence-corrected chi connectivity index (χ4v) is 2.88. The van der Waals surface area contributed by atoms with Gasteiger partial charge < -0.3 is 10.2 Å². The van der Waals surface area contributed by atoms with Crippen molar-refractivity contribution in [1.82, 2.24) is 5.32 Å². The van der Waals surface area contributed by atoms with Crippen LogP contribution in [0.1, 0.15) is 30.9 Å². The van der Waals surface area contributed by atoms with Crippen molar-refractivity contribution in [3.63, 3.8) is 0 Å². The van der Waals surface area contributed by atoms with E-state index in [0.29, 0.717) is 30.7 Å². The fraction of sp³-hybridized carbons (Fsp3) is 0.300. The molecule has 2 aromatic rings. The maximum atomic E-state index is 13.9. The maximum absolute atomic E-state index is 13.9. The van der Waals surface area contributed by atoms with Crippen molar-refractivity contribution in [3.05, 3.63) is 71.3 Å². The summed E-state index contributed by atoms with van der Waals surface area (Å²) in [5, 5.41) is 6.71. The van der Waals surface area contributed by atoms with Crippen LogP contribution in [0.2, 0.25) is 0 Å². The molecule has 1 N–H and O–H groups in total. The van der Waals surface area contributed by atoms with Gasteiger partial charge in [-0.05, 0) is 43.5 Å². The lowest BCUT2D eigenvalue weighted by Gasteiger charge is -2.20. The van der Waals surface area contributed by atoms with Gasteiger partial charge in [-0.2, -0.15) is 0 Å². The Morgan fingerprint density at radius 1 is 1.23 bits per heavy atom. The van der Waals surface area contributed by atoms with E-state index < -0.39 is 11.4 Å². The van der Waals surface area contributed by atoms with Crippen LogP contribution in [0.25, 0.3) is 0 Å². The number of rotatable bonds is 6. The minimum absolute atomic E-state index is 0.198. The minimum Gasteiger partial charge on any atom is -0.379 e. The van der Waals surface area contributed by atoms with Crippen molar-refractivity contribution < 1.29 is 18.4 Å². The van der Waals surface area contributed by atoms with Crippen LogP contribution >= 0.6 is 0 Å². The number of carbonyl (C=O) groups excluding carboxylic acids is 1. The molecule has 4 nitrogen and oxygen atoms in total. The van der Waals surface area contributed by atoms with E-state index in [4.69, 9.17) is 4.84 Å². The molecular formula is C20H20F2N2O2. The van der Waals surface area contributed by atoms with E-state index in [9.17, 15) is 13.6 Å². The lowest BCUT2D eigenvalue weighted by atomic mass is 9.95. The van der Waals surface area contributed by atoms with Crippen LogP contribution in [0.5, 0.6) is 0 Å². The van der Waals surface area contributed by atoms with Crippen LogP contribution < -0.4 is 5.32 Å². The second-order valence-corrected chi connectivity index (χ2v) is 6.51. The zero-order valence-electron chi connectivity index (χ0n) is 14.5. The number of benzene rings is 2. The molecule has 26 heavy (non-hydrogen) atoms. The van der Waals surface area contributed by atoms with E-state index in [1.165, 1.54) is 18.2 Å². The number of hydrogen-bond donors (Lipinski definition) is 1. The van der Waals surface area contributed by atoms with Gasteiger partial charge in [-0.15, -0.1) is 0 Å². The summed E-state index contributed by atoms with van der Waals surface area (Å²) in [6, 6.07) is 12.7. The van der Waals surface area contributed by atoms with E-state index in [1.807, 2.05) is 6.07 Å². The average molecular weight is 358 g/mol. The van der Waals surface area contributed by atoms with Crippen molar-refractivity contribution in [3.8, 4) is 0 Å². The van der Waals surface area contributed by atoms with Gasteiger partial charge in [-0.3, -0.25) is 4.79 Å². The molecule has 1 heterocycles. The first kappa shape index (κ1) is 18.0. The summed E-state index contributed by atoms with van der Waals surface area (Å²) in [6.45, 7) is 2.07. The topological polar surface area (TPSA) is 50.7 Å². The Labute approximate surface area is 150 Å². The lowest BCUT2D eigenvalue weighted by Crippen LogP contribution is -2.45. The minimum atomic E-state index is -1.16. The number of halogens is 2. The van der Waals surface area contributed by atoms with Crippen molar-refractivity contribution in [2.45, 2.75) is 31.8 Å². The van der Waals surface area contributed by atoms with Gasteiger partial charge in [0.2, 0.25) is 5.60 Å². The predicted octanol–water partition coefficient (Wildman–Crippen LogP) is 3.60. The Morgan fingerprint density at radius 2 is 2.04 bits per heavy atom. The molecule has 1 atom stereocenters. The number of nitrogens with one attached hydrogen (secondary N) is 1. The summed E-state index contributed by atoms with van der Waals surface area (Å²) in [5.74, 6) is -0.961. The van der Waals surface area contributed by atoms with Gasteiger partial charge in [0.1, 0.15) is 11.6 Å². The molecule has 1 aliphatic rings. The highest BCUT2D eigenvalue weighted by atomic mass is 19.1. The Hall–Kier alpha value is -2.76. The quantitative estimate of drug-likeness (QED) is 0.802. The average Bonchev–Trinajstić information content (AvgIpc) is 3.02. The van der Waals surface area contributed by atoms with Crippen LogP contribution in [-0.2, 0) is 16.1 Å². The number of carbonyl (C=O) groups is 1. The molecule has 0 saturated heterocycles. The largest absolute Gasteiger partial charge is 0.379 e. The molecule has 0 radical (unpaired) electrons. The monoisotopic (exact) mass is 358 g/mol. The molecule has 136 valence electrons. The van der Waals surface area contributed by atoms with Gasteiger partial charge in [0, 0.05) is 18.5 Å². The molecule has 0 aliphatic carbocycles. The van der Waals surface area contributed by atoms with Crippen molar-refractivity contribution in [2.75, 3.05) is 6.54 Å². The molecular weight excluding hydrogens is 338 g/mol. The summed E-state index contributed by atoms with van der Waals surface area (Å²) < 4.78 is 27.0. The van der Waals surface area contributed by atoms with E-state index in [0.717, 1.165) is 5.56 Å². The summed E-state index contributed by atoms with van der Waals surface area (Å²) in [5.41, 5.74) is 0.486. The van der Waals surface area contributed by atoms with Crippen LogP contribution in [-0.4, -0.2) is 23.8 Å². The standard InChI is InChI=1S/C20H20F2N2O2/c1-20(13-18(24-26-20)16-9-2-3-10-17(16)22)19(25)23-11-5-7-14-6-4-8-15(21)12-14/h2-4,6,8-10,12H,5,7,11,13H2,1H3,(H,23,25)/t20-/m0/s1. The maximum Gasteiger partial charge on any atom is 0.267 e. The third-order valence-corrected chi connectivity index (χ3v) is 4.34. The first-order chi connectivity index (χ1) is 12.5. The molecule has 3 rings (SSSR count). The van der Waals surface area contributed by atoms with Crippen molar-refractivity contribution in [1.29, 1.82) is 0 Å². The van der Waals surface area contributed by atoms with Gasteiger partial charge in [-0.25, -0.2) is 8.78 Å². The molecule has 0 fully saturated rings. The van der Waals surface area contributed by atoms with Crippen LogP contribution in [0.15, 0.2) is 53.7 Å². The van der Waals surface area contributed by atoms with Gasteiger partial charge in [0.25, 0.3) is 5.91 Å². The first-order valence-corrected chi connectivity index (χ1v) is 8.51. The Balaban J connectivity index is 1.50. The molecule has 2 aromatic carbocycles. The number of aryl methyl sites for hydroxylation is 1. The SMILES string of the molecule is C[C@@]1(C(=O)NCCCc2cccc(F)c2)CC(c2ccccc2F)=NO1. The lowest BCUT2D eigenvalue weighted by molar-refractivity contribution is -0.141. The summed E-state index contributed by atoms with van der Waals surface area (Å²) in [4.78, 5) is 17.7. The summed E-state index contributed by atoms with van der Waals surface area (Å²) >= 11 is 0. The second-order valence-electron chi connectivity index (χ2n) is 6.51. The van der Waals surface area contributed by atoms with Gasteiger partial charge in [-0.1, -0.05) is 35.5 Å². The van der Waals surface area contributed by atoms with E-state index >= 15 is 0 Å². The normalized spacial score (nSPS) is 19.0. The number of amides is 1. The van der Waals surface area contributed by atoms with Crippen LogP contribution in [0.4, 0.5) is 8.78 Å². The van der Waals surface area contributed by atoms with E-state index in [2.05, 4.69) is 10.5 Å². The molecule has 0 unspecified atom stereocenters. The Bertz CT molecular complexity index is 838. The van der Waals surface area contributed by atoms with Gasteiger partial charge >= 0.3 is 0 Å². The zero-order chi connectivity index (χ0) is 18.6. The van der Waals surface area contributed by atoms with E-state index in [-0.39, 0.29) is 18.1 Å². The third-order valence-electron chi connectivity index (χ3n) is 4.34. The molecule has 6 heteroatoms. The molecule has 0 saturated carbocycles.